The molecular weight excluding hydrogens is 310 g/mol. The summed E-state index contributed by atoms with van der Waals surface area (Å²) in [5.74, 6) is 0.462. The summed E-state index contributed by atoms with van der Waals surface area (Å²) >= 11 is 0. The van der Waals surface area contributed by atoms with Gasteiger partial charge in [-0.2, -0.15) is 0 Å². The summed E-state index contributed by atoms with van der Waals surface area (Å²) in [4.78, 5) is 11.3. The highest BCUT2D eigenvalue weighted by molar-refractivity contribution is 5.81. The van der Waals surface area contributed by atoms with Crippen LogP contribution in [-0.2, 0) is 14.9 Å². The second-order valence-corrected chi connectivity index (χ2v) is 8.08. The summed E-state index contributed by atoms with van der Waals surface area (Å²) in [7, 11) is 0. The van der Waals surface area contributed by atoms with E-state index < -0.39 is 0 Å². The van der Waals surface area contributed by atoms with Gasteiger partial charge in [0.05, 0.1) is 6.61 Å². The molecule has 2 rings (SSSR count). The Morgan fingerprint density at radius 1 is 1.16 bits per heavy atom. The predicted molar refractivity (Wildman–Crippen MR) is 105 cm³/mol. The number of carbonyl (C=O) groups excluding carboxylic acids is 1. The molecule has 0 atom stereocenters. The molecule has 1 saturated carbocycles. The summed E-state index contributed by atoms with van der Waals surface area (Å²) in [6.07, 6.45) is 9.34. The maximum absolute atomic E-state index is 11.3. The molecule has 0 spiro atoms. The first-order valence-corrected chi connectivity index (χ1v) is 9.59. The first-order valence-electron chi connectivity index (χ1n) is 9.59. The molecule has 0 aromatic heterocycles. The second kappa shape index (κ2) is 9.07. The van der Waals surface area contributed by atoms with Crippen LogP contribution in [0.5, 0.6) is 0 Å². The molecule has 0 radical (unpaired) electrons. The van der Waals surface area contributed by atoms with Gasteiger partial charge in [0.2, 0.25) is 0 Å². The van der Waals surface area contributed by atoms with Gasteiger partial charge in [0.15, 0.2) is 0 Å². The molecule has 1 fully saturated rings. The molecule has 1 aromatic carbocycles. The third kappa shape index (κ3) is 6.56. The Labute approximate surface area is 152 Å². The number of hydrogen-bond donors (Lipinski definition) is 1. The Balaban J connectivity index is 1.74. The molecule has 0 aliphatic heterocycles. The Kier molecular flexibility index (Phi) is 7.10. The lowest BCUT2D eigenvalue weighted by atomic mass is 9.84. The van der Waals surface area contributed by atoms with Crippen LogP contribution in [0.1, 0.15) is 65.4 Å². The van der Waals surface area contributed by atoms with Crippen LogP contribution in [0, 0.1) is 5.92 Å². The van der Waals surface area contributed by atoms with E-state index >= 15 is 0 Å². The maximum atomic E-state index is 11.3. The molecule has 1 N–H and O–H groups in total. The van der Waals surface area contributed by atoms with Crippen molar-refractivity contribution in [1.82, 2.24) is 0 Å². The van der Waals surface area contributed by atoms with E-state index in [2.05, 4.69) is 50.4 Å². The highest BCUT2D eigenvalue weighted by Gasteiger charge is 2.20. The van der Waals surface area contributed by atoms with Crippen molar-refractivity contribution in [3.63, 3.8) is 0 Å². The molecule has 0 saturated heterocycles. The molecule has 3 heteroatoms. The van der Waals surface area contributed by atoms with Gasteiger partial charge in [-0.1, -0.05) is 39.0 Å². The van der Waals surface area contributed by atoms with Crippen molar-refractivity contribution in [2.24, 2.45) is 5.92 Å². The molecular formula is C22H33NO2. The molecule has 1 aliphatic rings. The molecule has 3 nitrogen and oxygen atoms in total. The fourth-order valence-corrected chi connectivity index (χ4v) is 3.39. The second-order valence-electron chi connectivity index (χ2n) is 8.08. The van der Waals surface area contributed by atoms with Crippen molar-refractivity contribution in [2.75, 3.05) is 11.9 Å². The van der Waals surface area contributed by atoms with E-state index in [1.807, 2.05) is 13.0 Å². The van der Waals surface area contributed by atoms with Gasteiger partial charge in [-0.25, -0.2) is 4.79 Å². The molecule has 1 aromatic rings. The van der Waals surface area contributed by atoms with Crippen LogP contribution in [0.3, 0.4) is 0 Å². The van der Waals surface area contributed by atoms with Gasteiger partial charge in [0, 0.05) is 17.8 Å². The largest absolute Gasteiger partial charge is 0.463 e. The van der Waals surface area contributed by atoms with Crippen LogP contribution in [-0.4, -0.2) is 18.6 Å². The Hall–Kier alpha value is -1.77. The zero-order valence-electron chi connectivity index (χ0n) is 16.2. The van der Waals surface area contributed by atoms with Gasteiger partial charge in [0.25, 0.3) is 0 Å². The minimum Gasteiger partial charge on any atom is -0.463 e. The Morgan fingerprint density at radius 3 is 2.36 bits per heavy atom. The third-order valence-electron chi connectivity index (χ3n) is 4.98. The lowest BCUT2D eigenvalue weighted by Gasteiger charge is -2.29. The Bertz CT molecular complexity index is 561. The van der Waals surface area contributed by atoms with E-state index in [-0.39, 0.29) is 11.4 Å². The van der Waals surface area contributed by atoms with Crippen LogP contribution in [0.15, 0.2) is 36.4 Å². The van der Waals surface area contributed by atoms with Crippen molar-refractivity contribution in [3.8, 4) is 0 Å². The van der Waals surface area contributed by atoms with E-state index in [0.29, 0.717) is 18.6 Å². The monoisotopic (exact) mass is 343 g/mol. The van der Waals surface area contributed by atoms with E-state index in [9.17, 15) is 4.79 Å². The number of benzene rings is 1. The van der Waals surface area contributed by atoms with E-state index in [4.69, 9.17) is 4.74 Å². The van der Waals surface area contributed by atoms with Crippen LogP contribution in [0.2, 0.25) is 0 Å². The minimum atomic E-state index is -0.225. The summed E-state index contributed by atoms with van der Waals surface area (Å²) < 4.78 is 4.91. The lowest BCUT2D eigenvalue weighted by Crippen LogP contribution is -2.26. The quantitative estimate of drug-likeness (QED) is 0.550. The predicted octanol–water partition coefficient (Wildman–Crippen LogP) is 5.46. The van der Waals surface area contributed by atoms with Gasteiger partial charge < -0.3 is 10.1 Å². The van der Waals surface area contributed by atoms with Crippen molar-refractivity contribution < 1.29 is 9.53 Å². The molecule has 0 bridgehead atoms. The summed E-state index contributed by atoms with van der Waals surface area (Å²) in [6, 6.07) is 9.43. The average molecular weight is 344 g/mol. The fraction of sp³-hybridized carbons (Fsp3) is 0.591. The zero-order chi connectivity index (χ0) is 18.3. The minimum absolute atomic E-state index is 0.202. The van der Waals surface area contributed by atoms with Crippen molar-refractivity contribution in [2.45, 2.75) is 71.3 Å². The molecule has 1 aliphatic carbocycles. The summed E-state index contributed by atoms with van der Waals surface area (Å²) in [5.41, 5.74) is 2.79. The Morgan fingerprint density at radius 2 is 1.80 bits per heavy atom. The first kappa shape index (κ1) is 19.6. The van der Waals surface area contributed by atoms with E-state index in [1.54, 1.807) is 6.08 Å². The van der Waals surface area contributed by atoms with Crippen LogP contribution < -0.4 is 5.32 Å². The topological polar surface area (TPSA) is 38.3 Å². The van der Waals surface area contributed by atoms with Gasteiger partial charge in [-0.15, -0.1) is 0 Å². The maximum Gasteiger partial charge on any atom is 0.330 e. The van der Waals surface area contributed by atoms with Gasteiger partial charge in [0.1, 0.15) is 0 Å². The average Bonchev–Trinajstić information content (AvgIpc) is 2.56. The van der Waals surface area contributed by atoms with E-state index in [1.165, 1.54) is 36.9 Å². The summed E-state index contributed by atoms with van der Waals surface area (Å²) in [6.45, 7) is 9.00. The number of allylic oxidation sites excluding steroid dienone is 1. The number of hydrogen-bond acceptors (Lipinski definition) is 3. The highest BCUT2D eigenvalue weighted by atomic mass is 16.5. The lowest BCUT2D eigenvalue weighted by molar-refractivity contribution is -0.137. The smallest absolute Gasteiger partial charge is 0.330 e. The zero-order valence-corrected chi connectivity index (χ0v) is 16.2. The van der Waals surface area contributed by atoms with Crippen LogP contribution in [0.4, 0.5) is 5.69 Å². The number of carbonyl (C=O) groups is 1. The van der Waals surface area contributed by atoms with Crippen molar-refractivity contribution in [1.29, 1.82) is 0 Å². The van der Waals surface area contributed by atoms with Gasteiger partial charge in [-0.05, 0) is 68.1 Å². The summed E-state index contributed by atoms with van der Waals surface area (Å²) in [5, 5.41) is 3.68. The number of esters is 1. The highest BCUT2D eigenvalue weighted by Crippen LogP contribution is 2.30. The van der Waals surface area contributed by atoms with Gasteiger partial charge >= 0.3 is 5.97 Å². The van der Waals surface area contributed by atoms with Crippen molar-refractivity contribution in [3.05, 3.63) is 42.0 Å². The van der Waals surface area contributed by atoms with E-state index in [0.717, 1.165) is 6.42 Å². The molecule has 25 heavy (non-hydrogen) atoms. The standard InChI is InChI=1S/C22H33NO2/c1-5-25-21(24)8-6-7-17-9-13-19(14-10-17)23-20-15-11-18(12-16-20)22(2,3)4/h6,8,11-12,15-17,19,23H,5,7,9-10,13-14H2,1-4H3/b8-6+. The number of anilines is 1. The third-order valence-corrected chi connectivity index (χ3v) is 4.98. The van der Waals surface area contributed by atoms with Gasteiger partial charge in [-0.3, -0.25) is 0 Å². The first-order chi connectivity index (χ1) is 11.9. The fourth-order valence-electron chi connectivity index (χ4n) is 3.39. The molecule has 0 amide bonds. The van der Waals surface area contributed by atoms with Crippen molar-refractivity contribution >= 4 is 11.7 Å². The normalized spacial score (nSPS) is 21.3. The number of nitrogens with one attached hydrogen (secondary N) is 1. The number of ether oxygens (including phenoxy) is 1. The van der Waals surface area contributed by atoms with Crippen LogP contribution >= 0.6 is 0 Å². The SMILES string of the molecule is CCOC(=O)/C=C/CC1CCC(Nc2ccc(C(C)(C)C)cc2)CC1. The van der Waals surface area contributed by atoms with Crippen LogP contribution in [0.25, 0.3) is 0 Å². The number of rotatable bonds is 6. The molecule has 0 heterocycles. The molecule has 138 valence electrons. The molecule has 0 unspecified atom stereocenters.